The molecule has 1 aromatic rings. The van der Waals surface area contributed by atoms with E-state index in [1.54, 1.807) is 11.1 Å². The zero-order chi connectivity index (χ0) is 14.5. The van der Waals surface area contributed by atoms with Crippen molar-refractivity contribution in [3.63, 3.8) is 0 Å². The van der Waals surface area contributed by atoms with Crippen molar-refractivity contribution in [1.82, 2.24) is 9.88 Å². The van der Waals surface area contributed by atoms with Crippen molar-refractivity contribution in [2.24, 2.45) is 0 Å². The fourth-order valence-electron chi connectivity index (χ4n) is 2.70. The van der Waals surface area contributed by atoms with Crippen LogP contribution in [0.15, 0.2) is 18.3 Å². The van der Waals surface area contributed by atoms with Crippen LogP contribution >= 0.6 is 0 Å². The number of hydrogen-bond acceptors (Lipinski definition) is 3. The molecule has 2 rings (SSSR count). The average molecular weight is 274 g/mol. The molecule has 4 heteroatoms. The molecule has 2 heterocycles. The van der Waals surface area contributed by atoms with Gasteiger partial charge in [-0.15, -0.1) is 0 Å². The first-order valence-corrected chi connectivity index (χ1v) is 7.46. The third kappa shape index (κ3) is 3.06. The minimum Gasteiger partial charge on any atom is -0.327 e. The van der Waals surface area contributed by atoms with Crippen LogP contribution in [0.2, 0.25) is 0 Å². The predicted molar refractivity (Wildman–Crippen MR) is 77.6 cm³/mol. The second-order valence-corrected chi connectivity index (χ2v) is 5.23. The number of aromatic nitrogens is 1. The Morgan fingerprint density at radius 3 is 2.85 bits per heavy atom. The van der Waals surface area contributed by atoms with Gasteiger partial charge in [-0.3, -0.25) is 14.6 Å². The number of hydrogen-bond donors (Lipinski definition) is 0. The van der Waals surface area contributed by atoms with Gasteiger partial charge in [0.15, 0.2) is 5.78 Å². The van der Waals surface area contributed by atoms with E-state index in [-0.39, 0.29) is 17.7 Å². The van der Waals surface area contributed by atoms with Crippen molar-refractivity contribution in [3.8, 4) is 0 Å². The topological polar surface area (TPSA) is 50.3 Å². The Labute approximate surface area is 120 Å². The molecule has 0 N–H and O–H groups in total. The number of piperidine rings is 1. The number of likely N-dealkylation sites (tertiary alicyclic amines) is 1. The Hall–Kier alpha value is -1.71. The summed E-state index contributed by atoms with van der Waals surface area (Å²) in [6.07, 6.45) is 5.80. The Kier molecular flexibility index (Phi) is 4.88. The molecular formula is C16H22N2O2. The van der Waals surface area contributed by atoms with Crippen LogP contribution in [0.1, 0.15) is 55.6 Å². The highest BCUT2D eigenvalue weighted by molar-refractivity contribution is 5.96. The second kappa shape index (κ2) is 6.64. The van der Waals surface area contributed by atoms with Gasteiger partial charge in [-0.2, -0.15) is 0 Å². The van der Waals surface area contributed by atoms with Gasteiger partial charge < -0.3 is 4.90 Å². The van der Waals surface area contributed by atoms with Gasteiger partial charge in [0.05, 0.1) is 6.04 Å². The molecule has 4 nitrogen and oxygen atoms in total. The summed E-state index contributed by atoms with van der Waals surface area (Å²) in [5.41, 5.74) is 1.55. The maximum Gasteiger partial charge on any atom is 0.273 e. The van der Waals surface area contributed by atoms with E-state index in [4.69, 9.17) is 0 Å². The van der Waals surface area contributed by atoms with Gasteiger partial charge in [0.1, 0.15) is 5.69 Å². The van der Waals surface area contributed by atoms with E-state index >= 15 is 0 Å². The highest BCUT2D eigenvalue weighted by Crippen LogP contribution is 2.21. The molecule has 0 bridgehead atoms. The summed E-state index contributed by atoms with van der Waals surface area (Å²) in [7, 11) is 0. The van der Waals surface area contributed by atoms with Gasteiger partial charge in [0.25, 0.3) is 5.91 Å². The number of carbonyl (C=O) groups is 2. The van der Waals surface area contributed by atoms with Crippen LogP contribution in [0.25, 0.3) is 0 Å². The van der Waals surface area contributed by atoms with Crippen molar-refractivity contribution in [2.75, 3.05) is 6.54 Å². The zero-order valence-corrected chi connectivity index (χ0v) is 12.3. The lowest BCUT2D eigenvalue weighted by molar-refractivity contribution is -0.124. The Bertz CT molecular complexity index is 499. The number of ketones is 1. The van der Waals surface area contributed by atoms with Crippen LogP contribution in [-0.4, -0.2) is 34.2 Å². The maximum atomic E-state index is 12.6. The first kappa shape index (κ1) is 14.7. The van der Waals surface area contributed by atoms with Crippen LogP contribution in [0.4, 0.5) is 0 Å². The molecule has 1 aliphatic heterocycles. The molecule has 0 spiro atoms. The number of amides is 1. The maximum absolute atomic E-state index is 12.6. The average Bonchev–Trinajstić information content (AvgIpc) is 2.53. The number of carbonyl (C=O) groups excluding carboxylic acids is 2. The summed E-state index contributed by atoms with van der Waals surface area (Å²) < 4.78 is 0. The smallest absolute Gasteiger partial charge is 0.273 e. The zero-order valence-electron chi connectivity index (χ0n) is 12.3. The van der Waals surface area contributed by atoms with E-state index in [0.29, 0.717) is 18.7 Å². The molecule has 20 heavy (non-hydrogen) atoms. The van der Waals surface area contributed by atoms with Crippen molar-refractivity contribution in [1.29, 1.82) is 0 Å². The Balaban J connectivity index is 2.22. The highest BCUT2D eigenvalue weighted by atomic mass is 16.2. The molecule has 1 aromatic heterocycles. The van der Waals surface area contributed by atoms with Crippen molar-refractivity contribution >= 4 is 11.7 Å². The lowest BCUT2D eigenvalue weighted by Crippen LogP contribution is -2.48. The van der Waals surface area contributed by atoms with Gasteiger partial charge in [-0.1, -0.05) is 13.8 Å². The quantitative estimate of drug-likeness (QED) is 0.848. The second-order valence-electron chi connectivity index (χ2n) is 5.23. The standard InChI is InChI=1S/C16H22N2O2/c1-3-12-8-9-17-13(11-12)16(20)18-10-6-5-7-14(18)15(19)4-2/h8-9,11,14H,3-7,10H2,1-2H3. The summed E-state index contributed by atoms with van der Waals surface area (Å²) >= 11 is 0. The monoisotopic (exact) mass is 274 g/mol. The number of pyridine rings is 1. The number of rotatable bonds is 4. The molecule has 1 aliphatic rings. The third-order valence-corrected chi connectivity index (χ3v) is 3.94. The number of Topliss-reactive ketones (excluding diaryl/α,β-unsaturated/α-hetero) is 1. The first-order valence-electron chi connectivity index (χ1n) is 7.46. The fourth-order valence-corrected chi connectivity index (χ4v) is 2.70. The molecule has 1 saturated heterocycles. The molecule has 1 fully saturated rings. The van der Waals surface area contributed by atoms with Crippen LogP contribution in [-0.2, 0) is 11.2 Å². The predicted octanol–water partition coefficient (Wildman–Crippen LogP) is 2.62. The largest absolute Gasteiger partial charge is 0.327 e. The molecule has 1 unspecified atom stereocenters. The van der Waals surface area contributed by atoms with Gasteiger partial charge >= 0.3 is 0 Å². The summed E-state index contributed by atoms with van der Waals surface area (Å²) in [6.45, 7) is 4.57. The summed E-state index contributed by atoms with van der Waals surface area (Å²) in [5.74, 6) is 0.0523. The van der Waals surface area contributed by atoms with Crippen molar-refractivity contribution in [3.05, 3.63) is 29.6 Å². The minimum atomic E-state index is -0.256. The van der Waals surface area contributed by atoms with Crippen LogP contribution in [0, 0.1) is 0 Å². The highest BCUT2D eigenvalue weighted by Gasteiger charge is 2.31. The van der Waals surface area contributed by atoms with E-state index < -0.39 is 0 Å². The Morgan fingerprint density at radius 1 is 1.35 bits per heavy atom. The first-order chi connectivity index (χ1) is 9.67. The van der Waals surface area contributed by atoms with E-state index in [1.807, 2.05) is 26.0 Å². The molecule has 108 valence electrons. The molecule has 0 aromatic carbocycles. The van der Waals surface area contributed by atoms with E-state index in [0.717, 1.165) is 31.2 Å². The summed E-state index contributed by atoms with van der Waals surface area (Å²) in [6, 6.07) is 3.50. The van der Waals surface area contributed by atoms with Gasteiger partial charge in [-0.05, 0) is 43.4 Å². The summed E-state index contributed by atoms with van der Waals surface area (Å²) in [4.78, 5) is 30.5. The number of aryl methyl sites for hydroxylation is 1. The molecule has 1 amide bonds. The van der Waals surface area contributed by atoms with E-state index in [2.05, 4.69) is 4.98 Å². The van der Waals surface area contributed by atoms with Crippen LogP contribution in [0.5, 0.6) is 0 Å². The fraction of sp³-hybridized carbons (Fsp3) is 0.562. The summed E-state index contributed by atoms with van der Waals surface area (Å²) in [5, 5.41) is 0. The van der Waals surface area contributed by atoms with Crippen molar-refractivity contribution < 1.29 is 9.59 Å². The van der Waals surface area contributed by atoms with Crippen LogP contribution < -0.4 is 0 Å². The molecule has 0 saturated carbocycles. The Morgan fingerprint density at radius 2 is 2.15 bits per heavy atom. The lowest BCUT2D eigenvalue weighted by Gasteiger charge is -2.34. The normalized spacial score (nSPS) is 18.9. The SMILES string of the molecule is CCC(=O)C1CCCCN1C(=O)c1cc(CC)ccn1. The molecular weight excluding hydrogens is 252 g/mol. The lowest BCUT2D eigenvalue weighted by atomic mass is 9.96. The molecule has 0 radical (unpaired) electrons. The molecule has 0 aliphatic carbocycles. The number of nitrogens with zero attached hydrogens (tertiary/aromatic N) is 2. The van der Waals surface area contributed by atoms with E-state index in [1.165, 1.54) is 0 Å². The van der Waals surface area contributed by atoms with Gasteiger partial charge in [-0.25, -0.2) is 0 Å². The van der Waals surface area contributed by atoms with Crippen molar-refractivity contribution in [2.45, 2.75) is 52.0 Å². The van der Waals surface area contributed by atoms with Crippen LogP contribution in [0.3, 0.4) is 0 Å². The van der Waals surface area contributed by atoms with E-state index in [9.17, 15) is 9.59 Å². The van der Waals surface area contributed by atoms with Gasteiger partial charge in [0.2, 0.25) is 0 Å². The third-order valence-electron chi connectivity index (χ3n) is 3.94. The minimum absolute atomic E-state index is 0.105. The van der Waals surface area contributed by atoms with Gasteiger partial charge in [0, 0.05) is 19.2 Å². The molecule has 1 atom stereocenters.